The maximum atomic E-state index is 9.30. The second-order valence-electron chi connectivity index (χ2n) is 29.4. The number of methoxy groups -OCH3 is 1. The number of phenolic OH excluding ortho intramolecular Hbond substituents is 2. The van der Waals surface area contributed by atoms with Crippen molar-refractivity contribution in [3.63, 3.8) is 0 Å². The molecule has 0 spiro atoms. The van der Waals surface area contributed by atoms with E-state index in [0.717, 1.165) is 88.9 Å². The molecule has 560 valence electrons. The number of fused-ring (bicyclic) bond motifs is 2. The molecular formula is C96H108N4O8. The van der Waals surface area contributed by atoms with E-state index < -0.39 is 0 Å². The molecule has 0 unspecified atom stereocenters. The molecule has 0 aromatic heterocycles. The van der Waals surface area contributed by atoms with Crippen LogP contribution in [0.4, 0.5) is 17.1 Å². The Bertz CT molecular complexity index is 4650. The molecule has 0 fully saturated rings. The molecule has 0 bridgehead atoms. The fraction of sp³-hybridized carbons (Fsp3) is 0.250. The third-order valence-electron chi connectivity index (χ3n) is 20.3. The van der Waals surface area contributed by atoms with Crippen LogP contribution in [0.5, 0.6) is 57.5 Å². The van der Waals surface area contributed by atoms with Crippen LogP contribution in [0.15, 0.2) is 279 Å². The van der Waals surface area contributed by atoms with Gasteiger partial charge in [-0.25, -0.2) is 0 Å². The van der Waals surface area contributed by atoms with Gasteiger partial charge in [0.15, 0.2) is 6.73 Å². The summed E-state index contributed by atoms with van der Waals surface area (Å²) in [6.07, 6.45) is 0.943. The zero-order valence-electron chi connectivity index (χ0n) is 63.2. The van der Waals surface area contributed by atoms with E-state index in [-0.39, 0.29) is 48.0 Å². The van der Waals surface area contributed by atoms with Gasteiger partial charge in [-0.2, -0.15) is 0 Å². The number of hydrogen-bond acceptors (Lipinski definition) is 12. The number of ether oxygens (including phenoxy) is 6. The predicted molar refractivity (Wildman–Crippen MR) is 445 cm³/mol. The molecule has 2 aliphatic rings. The summed E-state index contributed by atoms with van der Waals surface area (Å²) in [5, 5.41) is 18.6. The van der Waals surface area contributed by atoms with E-state index in [1.807, 2.05) is 116 Å². The fourth-order valence-electron chi connectivity index (χ4n) is 13.0. The van der Waals surface area contributed by atoms with E-state index in [0.29, 0.717) is 24.8 Å². The molecule has 0 atom stereocenters. The maximum Gasteiger partial charge on any atom is 0.161 e. The predicted octanol–water partition coefficient (Wildman–Crippen LogP) is 23.3. The quantitative estimate of drug-likeness (QED) is 0.0605. The highest BCUT2D eigenvalue weighted by molar-refractivity contribution is 5.56. The van der Waals surface area contributed by atoms with Gasteiger partial charge in [-0.15, -0.1) is 0 Å². The van der Waals surface area contributed by atoms with Crippen molar-refractivity contribution in [3.8, 4) is 57.5 Å². The van der Waals surface area contributed by atoms with Crippen LogP contribution in [-0.2, 0) is 45.9 Å². The Morgan fingerprint density at radius 1 is 0.370 bits per heavy atom. The second-order valence-corrected chi connectivity index (χ2v) is 29.4. The molecule has 0 saturated carbocycles. The highest BCUT2D eigenvalue weighted by atomic mass is 16.5. The zero-order valence-corrected chi connectivity index (χ0v) is 63.2. The van der Waals surface area contributed by atoms with Gasteiger partial charge in [-0.1, -0.05) is 197 Å². The first-order valence-corrected chi connectivity index (χ1v) is 36.2. The third kappa shape index (κ3) is 20.4. The average Bonchev–Trinajstić information content (AvgIpc) is 0.773. The van der Waals surface area contributed by atoms with E-state index in [1.165, 1.54) is 61.2 Å². The van der Waals surface area contributed by atoms with Crippen molar-refractivity contribution >= 4 is 17.1 Å². The standard InChI is InChI=1S/C49H50N2O3.C27H26N2O2.C15H16O2.C3H8O.2CH4/c1-34-7-9-35(10-8-34)27-36-11-13-39(14-12-36)48(2,3)40-15-21-44(22-16-40)54-45-23-19-43(20-24-45)51-31-38-29-42(18-26-47(38)53-33-51)49(4,5)41-17-25-46-37(28-41)30-50(6)32-52-46;1-27(2,19-3-11-23(12-4-19)30-25-15-7-21(28)8-16-25)20-5-13-24(14-6-20)31-26-17-9-22(29)10-18-26;1-15(2,11-3-7-13(16)8-4-11)12-5-9-14(17)10-6-12;1-3-4-2;;/h7-26,28-29H,27,30-33H2,1-6H3;3-18H,28-29H2,1-2H3;3-10,16-17H,1-2H3;3H2,1-2H3;2*1H4. The van der Waals surface area contributed by atoms with Crippen LogP contribution in [0.1, 0.15) is 149 Å². The molecule has 0 aliphatic carbocycles. The van der Waals surface area contributed by atoms with Crippen LogP contribution < -0.4 is 40.1 Å². The third-order valence-corrected chi connectivity index (χ3v) is 20.3. The number of aryl methyl sites for hydroxylation is 1. The number of aromatic hydroxyl groups is 2. The molecule has 12 aromatic rings. The largest absolute Gasteiger partial charge is 0.508 e. The summed E-state index contributed by atoms with van der Waals surface area (Å²) in [6, 6.07) is 93.5. The van der Waals surface area contributed by atoms with Gasteiger partial charge in [0.2, 0.25) is 0 Å². The van der Waals surface area contributed by atoms with E-state index in [4.69, 9.17) is 35.2 Å². The summed E-state index contributed by atoms with van der Waals surface area (Å²) in [6.45, 7) is 25.5. The Balaban J connectivity index is 0.000000209. The van der Waals surface area contributed by atoms with Gasteiger partial charge in [0, 0.05) is 76.7 Å². The van der Waals surface area contributed by atoms with Crippen molar-refractivity contribution in [2.45, 2.75) is 125 Å². The van der Waals surface area contributed by atoms with Gasteiger partial charge in [0.1, 0.15) is 64.2 Å². The van der Waals surface area contributed by atoms with Crippen LogP contribution >= 0.6 is 0 Å². The van der Waals surface area contributed by atoms with Gasteiger partial charge in [0.05, 0.1) is 0 Å². The van der Waals surface area contributed by atoms with Gasteiger partial charge in [0.25, 0.3) is 0 Å². The second kappa shape index (κ2) is 35.8. The monoisotopic (exact) mass is 1440 g/mol. The van der Waals surface area contributed by atoms with Crippen LogP contribution in [0.2, 0.25) is 0 Å². The first-order chi connectivity index (χ1) is 50.8. The Hall–Kier alpha value is -11.4. The molecule has 12 aromatic carbocycles. The molecule has 12 nitrogen and oxygen atoms in total. The van der Waals surface area contributed by atoms with Crippen molar-refractivity contribution in [3.05, 3.63) is 351 Å². The first-order valence-electron chi connectivity index (χ1n) is 36.2. The fourth-order valence-corrected chi connectivity index (χ4v) is 13.0. The molecule has 12 heteroatoms. The summed E-state index contributed by atoms with van der Waals surface area (Å²) >= 11 is 0. The molecule has 14 rings (SSSR count). The lowest BCUT2D eigenvalue weighted by atomic mass is 9.77. The maximum absolute atomic E-state index is 9.30. The van der Waals surface area contributed by atoms with Crippen molar-refractivity contribution in [2.24, 2.45) is 0 Å². The number of rotatable bonds is 18. The normalized spacial score (nSPS) is 12.5. The number of benzene rings is 12. The van der Waals surface area contributed by atoms with Gasteiger partial charge in [-0.05, 0) is 241 Å². The van der Waals surface area contributed by atoms with Gasteiger partial charge in [-0.3, -0.25) is 4.90 Å². The number of nitrogen functional groups attached to an aromatic ring is 2. The minimum atomic E-state index is -0.178. The zero-order chi connectivity index (χ0) is 75.2. The van der Waals surface area contributed by atoms with Crippen molar-refractivity contribution < 1.29 is 38.6 Å². The molecule has 2 heterocycles. The number of nitrogens with zero attached hydrogens (tertiary/aromatic N) is 2. The summed E-state index contributed by atoms with van der Waals surface area (Å²) in [4.78, 5) is 4.45. The first kappa shape index (κ1) is 80.7. The van der Waals surface area contributed by atoms with Crippen molar-refractivity contribution in [1.82, 2.24) is 4.90 Å². The summed E-state index contributed by atoms with van der Waals surface area (Å²) in [7, 11) is 3.77. The lowest BCUT2D eigenvalue weighted by Gasteiger charge is -2.33. The van der Waals surface area contributed by atoms with E-state index in [9.17, 15) is 10.2 Å². The van der Waals surface area contributed by atoms with Crippen molar-refractivity contribution in [1.29, 1.82) is 0 Å². The topological polar surface area (TPSA) is 154 Å². The highest BCUT2D eigenvalue weighted by Crippen LogP contribution is 2.42. The molecule has 0 amide bonds. The van der Waals surface area contributed by atoms with E-state index in [1.54, 1.807) is 31.4 Å². The summed E-state index contributed by atoms with van der Waals surface area (Å²) < 4.78 is 34.8. The summed E-state index contributed by atoms with van der Waals surface area (Å²) in [5.41, 5.74) is 29.5. The molecule has 108 heavy (non-hydrogen) atoms. The highest BCUT2D eigenvalue weighted by Gasteiger charge is 2.30. The summed E-state index contributed by atoms with van der Waals surface area (Å²) in [5.74, 6) is 7.21. The SMILES string of the molecule is C.C.CC(C)(c1ccc(O)cc1)c1ccc(O)cc1.CC(C)(c1ccc(Oc2ccc(N)cc2)cc1)c1ccc(Oc2ccc(N)cc2)cc1.CCOC.Cc1ccc(Cc2ccc(C(C)(C)c3ccc(Oc4ccc(N5COc6ccc(C(C)(C)c7ccc8c(c7)CN(C)CO8)cc6C5)cc4)cc3)cc2)cc1. The van der Waals surface area contributed by atoms with Crippen LogP contribution in [-0.4, -0.2) is 49.3 Å². The number of phenols is 2. The average molecular weight is 1450 g/mol. The van der Waals surface area contributed by atoms with Crippen LogP contribution in [0.3, 0.4) is 0 Å². The Morgan fingerprint density at radius 2 is 0.648 bits per heavy atom. The van der Waals surface area contributed by atoms with E-state index >= 15 is 0 Å². The molecular weight excluding hydrogens is 1340 g/mol. The number of hydrogen-bond donors (Lipinski definition) is 4. The Labute approximate surface area is 641 Å². The van der Waals surface area contributed by atoms with E-state index in [2.05, 4.69) is 229 Å². The Morgan fingerprint density at radius 3 is 1.00 bits per heavy atom. The molecule has 2 aliphatic heterocycles. The number of nitrogens with two attached hydrogens (primary N) is 2. The molecule has 0 saturated heterocycles. The van der Waals surface area contributed by atoms with Crippen LogP contribution in [0, 0.1) is 6.92 Å². The molecule has 6 N–H and O–H groups in total. The number of anilines is 3. The minimum absolute atomic E-state index is 0. The van der Waals surface area contributed by atoms with Crippen molar-refractivity contribution in [2.75, 3.05) is 50.6 Å². The van der Waals surface area contributed by atoms with Gasteiger partial charge >= 0.3 is 0 Å². The lowest BCUT2D eigenvalue weighted by Crippen LogP contribution is -2.32. The Kier molecular flexibility index (Phi) is 26.7. The lowest BCUT2D eigenvalue weighted by molar-refractivity contribution is 0.121. The molecule has 0 radical (unpaired) electrons. The van der Waals surface area contributed by atoms with Crippen LogP contribution in [0.25, 0.3) is 0 Å². The van der Waals surface area contributed by atoms with Gasteiger partial charge < -0.3 is 55.0 Å². The smallest absolute Gasteiger partial charge is 0.161 e. The minimum Gasteiger partial charge on any atom is -0.508 e.